The van der Waals surface area contributed by atoms with Crippen LogP contribution >= 0.6 is 0 Å². The SMILES string of the molecule is O=C(c1ccccc1)C(Nc1ccccc1)Nc1ccccc1. The molecule has 0 aliphatic carbocycles. The number of carbonyl (C=O) groups excluding carboxylic acids is 1. The summed E-state index contributed by atoms with van der Waals surface area (Å²) in [5.74, 6) is -0.00157. The second-order valence-corrected chi connectivity index (χ2v) is 5.18. The highest BCUT2D eigenvalue weighted by Gasteiger charge is 2.19. The molecular weight excluding hydrogens is 284 g/mol. The molecule has 0 radical (unpaired) electrons. The molecule has 3 rings (SSSR count). The molecule has 0 fully saturated rings. The molecule has 0 aliphatic heterocycles. The molecule has 0 bridgehead atoms. The minimum atomic E-state index is -0.540. The summed E-state index contributed by atoms with van der Waals surface area (Å²) < 4.78 is 0. The zero-order chi connectivity index (χ0) is 15.9. The Morgan fingerprint density at radius 3 is 1.43 bits per heavy atom. The van der Waals surface area contributed by atoms with Crippen LogP contribution in [0, 0.1) is 0 Å². The normalized spacial score (nSPS) is 10.3. The van der Waals surface area contributed by atoms with Gasteiger partial charge in [-0.05, 0) is 24.3 Å². The maximum absolute atomic E-state index is 12.8. The van der Waals surface area contributed by atoms with Crippen molar-refractivity contribution in [1.82, 2.24) is 0 Å². The predicted octanol–water partition coefficient (Wildman–Crippen LogP) is 4.42. The lowest BCUT2D eigenvalue weighted by Crippen LogP contribution is -2.37. The van der Waals surface area contributed by atoms with E-state index in [0.717, 1.165) is 11.4 Å². The largest absolute Gasteiger partial charge is 0.359 e. The Morgan fingerprint density at radius 2 is 1.00 bits per heavy atom. The molecule has 0 saturated carbocycles. The predicted molar refractivity (Wildman–Crippen MR) is 94.7 cm³/mol. The number of hydrogen-bond acceptors (Lipinski definition) is 3. The van der Waals surface area contributed by atoms with Crippen molar-refractivity contribution < 1.29 is 4.79 Å². The van der Waals surface area contributed by atoms with Crippen molar-refractivity contribution in [2.45, 2.75) is 6.17 Å². The highest BCUT2D eigenvalue weighted by atomic mass is 16.1. The summed E-state index contributed by atoms with van der Waals surface area (Å²) in [5.41, 5.74) is 2.46. The fraction of sp³-hybridized carbons (Fsp3) is 0.0500. The van der Waals surface area contributed by atoms with E-state index < -0.39 is 6.17 Å². The number of para-hydroxylation sites is 2. The molecule has 3 aromatic carbocycles. The van der Waals surface area contributed by atoms with Crippen LogP contribution in [0.25, 0.3) is 0 Å². The summed E-state index contributed by atoms with van der Waals surface area (Å²) in [6.45, 7) is 0. The molecule has 0 aromatic heterocycles. The van der Waals surface area contributed by atoms with Crippen LogP contribution in [0.15, 0.2) is 91.0 Å². The van der Waals surface area contributed by atoms with E-state index in [4.69, 9.17) is 0 Å². The van der Waals surface area contributed by atoms with Gasteiger partial charge in [0.1, 0.15) is 0 Å². The van der Waals surface area contributed by atoms with Gasteiger partial charge >= 0.3 is 0 Å². The van der Waals surface area contributed by atoms with E-state index in [0.29, 0.717) is 5.56 Å². The first-order valence-electron chi connectivity index (χ1n) is 7.55. The van der Waals surface area contributed by atoms with Crippen LogP contribution in [0.2, 0.25) is 0 Å². The molecule has 0 unspecified atom stereocenters. The monoisotopic (exact) mass is 302 g/mol. The summed E-state index contributed by atoms with van der Waals surface area (Å²) in [6, 6.07) is 28.7. The molecule has 3 nitrogen and oxygen atoms in total. The quantitative estimate of drug-likeness (QED) is 0.523. The zero-order valence-electron chi connectivity index (χ0n) is 12.6. The van der Waals surface area contributed by atoms with Gasteiger partial charge in [-0.1, -0.05) is 66.7 Å². The summed E-state index contributed by atoms with van der Waals surface area (Å²) >= 11 is 0. The van der Waals surface area contributed by atoms with Gasteiger partial charge in [-0.15, -0.1) is 0 Å². The van der Waals surface area contributed by atoms with Crippen LogP contribution < -0.4 is 10.6 Å². The van der Waals surface area contributed by atoms with Gasteiger partial charge in [0, 0.05) is 16.9 Å². The van der Waals surface area contributed by atoms with Crippen molar-refractivity contribution in [3.8, 4) is 0 Å². The van der Waals surface area contributed by atoms with Crippen LogP contribution in [0.4, 0.5) is 11.4 Å². The molecule has 0 aliphatic rings. The second-order valence-electron chi connectivity index (χ2n) is 5.18. The molecule has 2 N–H and O–H groups in total. The van der Waals surface area contributed by atoms with Gasteiger partial charge in [0.05, 0.1) is 0 Å². The van der Waals surface area contributed by atoms with E-state index in [1.807, 2.05) is 91.0 Å². The first kappa shape index (κ1) is 14.9. The molecule has 0 spiro atoms. The summed E-state index contributed by atoms with van der Waals surface area (Å²) in [4.78, 5) is 12.8. The minimum absolute atomic E-state index is 0.00157. The smallest absolute Gasteiger partial charge is 0.205 e. The van der Waals surface area contributed by atoms with Gasteiger partial charge in [-0.25, -0.2) is 0 Å². The number of benzene rings is 3. The third kappa shape index (κ3) is 3.98. The minimum Gasteiger partial charge on any atom is -0.359 e. The number of ketones is 1. The number of nitrogens with one attached hydrogen (secondary N) is 2. The highest BCUT2D eigenvalue weighted by molar-refractivity contribution is 6.02. The lowest BCUT2D eigenvalue weighted by atomic mass is 10.1. The number of rotatable bonds is 6. The average Bonchev–Trinajstić information content (AvgIpc) is 2.63. The average molecular weight is 302 g/mol. The Bertz CT molecular complexity index is 701. The van der Waals surface area contributed by atoms with Gasteiger partial charge in [0.15, 0.2) is 6.17 Å². The fourth-order valence-corrected chi connectivity index (χ4v) is 2.34. The van der Waals surface area contributed by atoms with Crippen LogP contribution in [0.3, 0.4) is 0 Å². The first-order valence-corrected chi connectivity index (χ1v) is 7.55. The fourth-order valence-electron chi connectivity index (χ4n) is 2.34. The van der Waals surface area contributed by atoms with Crippen LogP contribution in [-0.2, 0) is 0 Å². The summed E-state index contributed by atoms with van der Waals surface area (Å²) in [5, 5.41) is 6.53. The highest BCUT2D eigenvalue weighted by Crippen LogP contribution is 2.14. The van der Waals surface area contributed by atoms with Gasteiger partial charge in [-0.2, -0.15) is 0 Å². The van der Waals surface area contributed by atoms with Crippen molar-refractivity contribution in [2.24, 2.45) is 0 Å². The van der Waals surface area contributed by atoms with E-state index in [9.17, 15) is 4.79 Å². The van der Waals surface area contributed by atoms with Gasteiger partial charge in [-0.3, -0.25) is 4.79 Å². The standard InChI is InChI=1S/C20H18N2O/c23-19(16-10-4-1-5-11-16)20(21-17-12-6-2-7-13-17)22-18-14-8-3-9-15-18/h1-15,20-22H. The second kappa shape index (κ2) is 7.27. The molecule has 23 heavy (non-hydrogen) atoms. The molecule has 114 valence electrons. The Kier molecular flexibility index (Phi) is 4.69. The first-order chi connectivity index (χ1) is 11.3. The Labute approximate surface area is 136 Å². The lowest BCUT2D eigenvalue weighted by Gasteiger charge is -2.21. The van der Waals surface area contributed by atoms with E-state index in [1.54, 1.807) is 0 Å². The number of hydrogen-bond donors (Lipinski definition) is 2. The Morgan fingerprint density at radius 1 is 0.609 bits per heavy atom. The molecular formula is C20H18N2O. The van der Waals surface area contributed by atoms with Crippen molar-refractivity contribution >= 4 is 17.2 Å². The Balaban J connectivity index is 1.85. The van der Waals surface area contributed by atoms with Gasteiger partial charge in [0.2, 0.25) is 5.78 Å². The van der Waals surface area contributed by atoms with Crippen molar-refractivity contribution in [1.29, 1.82) is 0 Å². The van der Waals surface area contributed by atoms with E-state index in [2.05, 4.69) is 10.6 Å². The number of Topliss-reactive ketones (excluding diaryl/α,β-unsaturated/α-hetero) is 1. The van der Waals surface area contributed by atoms with E-state index in [-0.39, 0.29) is 5.78 Å². The van der Waals surface area contributed by atoms with Crippen LogP contribution in [0.1, 0.15) is 10.4 Å². The van der Waals surface area contributed by atoms with Gasteiger partial charge < -0.3 is 10.6 Å². The summed E-state index contributed by atoms with van der Waals surface area (Å²) in [6.07, 6.45) is -0.540. The van der Waals surface area contributed by atoms with Crippen LogP contribution in [-0.4, -0.2) is 11.9 Å². The molecule has 0 heterocycles. The topological polar surface area (TPSA) is 41.1 Å². The Hall–Kier alpha value is -3.07. The van der Waals surface area contributed by atoms with Crippen molar-refractivity contribution in [3.05, 3.63) is 96.6 Å². The summed E-state index contributed by atoms with van der Waals surface area (Å²) in [7, 11) is 0. The maximum atomic E-state index is 12.8. The molecule has 0 atom stereocenters. The third-order valence-corrected chi connectivity index (χ3v) is 3.49. The number of carbonyl (C=O) groups is 1. The zero-order valence-corrected chi connectivity index (χ0v) is 12.6. The van der Waals surface area contributed by atoms with Crippen molar-refractivity contribution in [2.75, 3.05) is 10.6 Å². The third-order valence-electron chi connectivity index (χ3n) is 3.49. The molecule has 0 saturated heterocycles. The van der Waals surface area contributed by atoms with E-state index >= 15 is 0 Å². The van der Waals surface area contributed by atoms with Gasteiger partial charge in [0.25, 0.3) is 0 Å². The molecule has 0 amide bonds. The molecule has 3 aromatic rings. The lowest BCUT2D eigenvalue weighted by molar-refractivity contribution is 0.0978. The maximum Gasteiger partial charge on any atom is 0.205 e. The van der Waals surface area contributed by atoms with E-state index in [1.165, 1.54) is 0 Å². The number of anilines is 2. The molecule has 3 heteroatoms. The van der Waals surface area contributed by atoms with Crippen LogP contribution in [0.5, 0.6) is 0 Å². The van der Waals surface area contributed by atoms with Crippen molar-refractivity contribution in [3.63, 3.8) is 0 Å².